The number of rotatable bonds is 8. The number of nitrogens with one attached hydrogen (secondary N) is 1. The summed E-state index contributed by atoms with van der Waals surface area (Å²) in [5, 5.41) is 8.08. The van der Waals surface area contributed by atoms with Crippen LogP contribution in [0.1, 0.15) is 30.9 Å². The van der Waals surface area contributed by atoms with Gasteiger partial charge < -0.3 is 15.0 Å². The molecule has 2 amide bonds. The van der Waals surface area contributed by atoms with E-state index in [-0.39, 0.29) is 17.7 Å². The Balaban J connectivity index is 1.17. The van der Waals surface area contributed by atoms with Crippen molar-refractivity contribution in [2.24, 2.45) is 4.99 Å². The number of amidine groups is 1. The van der Waals surface area contributed by atoms with E-state index in [1.807, 2.05) is 43.3 Å². The molecule has 2 heterocycles. The molecule has 1 unspecified atom stereocenters. The van der Waals surface area contributed by atoms with Gasteiger partial charge in [-0.1, -0.05) is 68.1 Å². The van der Waals surface area contributed by atoms with E-state index in [9.17, 15) is 18.0 Å². The molecule has 12 heteroatoms. The van der Waals surface area contributed by atoms with Gasteiger partial charge in [0.25, 0.3) is 0 Å². The van der Waals surface area contributed by atoms with Crippen LogP contribution in [0.15, 0.2) is 84.1 Å². The summed E-state index contributed by atoms with van der Waals surface area (Å²) in [6.45, 7) is 5.38. The second-order valence-electron chi connectivity index (χ2n) is 9.64. The van der Waals surface area contributed by atoms with Crippen molar-refractivity contribution >= 4 is 28.6 Å². The van der Waals surface area contributed by atoms with Gasteiger partial charge in [-0.25, -0.2) is 14.5 Å². The second-order valence-corrected chi connectivity index (χ2v) is 10.7. The lowest BCUT2D eigenvalue weighted by Crippen LogP contribution is -2.29. The van der Waals surface area contributed by atoms with Crippen LogP contribution >= 0.6 is 11.8 Å². The number of aryl methyl sites for hydroxylation is 1. The molecule has 0 aliphatic carbocycles. The maximum absolute atomic E-state index is 12.7. The first-order chi connectivity index (χ1) is 20.2. The van der Waals surface area contributed by atoms with Crippen molar-refractivity contribution in [2.45, 2.75) is 32.5 Å². The van der Waals surface area contributed by atoms with E-state index in [0.29, 0.717) is 23.2 Å². The highest BCUT2D eigenvalue weighted by atomic mass is 32.2. The quantitative estimate of drug-likeness (QED) is 0.241. The van der Waals surface area contributed by atoms with Crippen molar-refractivity contribution in [1.29, 1.82) is 0 Å². The van der Waals surface area contributed by atoms with Gasteiger partial charge in [0, 0.05) is 30.1 Å². The third kappa shape index (κ3) is 7.11. The zero-order chi connectivity index (χ0) is 29.7. The Morgan fingerprint density at radius 1 is 1.10 bits per heavy atom. The van der Waals surface area contributed by atoms with E-state index < -0.39 is 6.36 Å². The number of hydrogen-bond acceptors (Lipinski definition) is 5. The molecule has 0 saturated carbocycles. The fraction of sp³-hybridized carbons (Fsp3) is 0.267. The molecule has 8 nitrogen and oxygen atoms in total. The van der Waals surface area contributed by atoms with Crippen molar-refractivity contribution in [3.63, 3.8) is 0 Å². The third-order valence-electron chi connectivity index (χ3n) is 6.76. The maximum Gasteiger partial charge on any atom is 0.573 e. The second kappa shape index (κ2) is 12.7. The molecule has 0 radical (unpaired) electrons. The van der Waals surface area contributed by atoms with Crippen molar-refractivity contribution in [3.05, 3.63) is 90.3 Å². The number of carbonyl (C=O) groups is 1. The minimum absolute atomic E-state index is 0.0410. The average molecular weight is 595 g/mol. The molecule has 218 valence electrons. The zero-order valence-corrected chi connectivity index (χ0v) is 23.8. The molecule has 1 fully saturated rings. The maximum atomic E-state index is 12.7. The zero-order valence-electron chi connectivity index (χ0n) is 23.0. The molecule has 1 aromatic heterocycles. The minimum atomic E-state index is -4.75. The fourth-order valence-corrected chi connectivity index (χ4v) is 5.51. The van der Waals surface area contributed by atoms with E-state index in [4.69, 9.17) is 0 Å². The largest absolute Gasteiger partial charge is 0.573 e. The number of nitrogens with zero attached hydrogens (tertiary/aromatic N) is 5. The minimum Gasteiger partial charge on any atom is -0.406 e. The van der Waals surface area contributed by atoms with Crippen LogP contribution in [0.2, 0.25) is 0 Å². The molecule has 1 saturated heterocycles. The van der Waals surface area contributed by atoms with Crippen LogP contribution in [-0.4, -0.2) is 51.2 Å². The lowest BCUT2D eigenvalue weighted by Gasteiger charge is -2.21. The van der Waals surface area contributed by atoms with Gasteiger partial charge in [0.15, 0.2) is 11.0 Å². The lowest BCUT2D eigenvalue weighted by molar-refractivity contribution is -0.274. The molecule has 1 N–H and O–H groups in total. The Bertz CT molecular complexity index is 1550. The molecule has 0 bridgehead atoms. The molecular formula is C30H29F3N6O2S. The summed E-state index contributed by atoms with van der Waals surface area (Å²) in [5.74, 6) is 1.08. The normalized spacial score (nSPS) is 15.2. The van der Waals surface area contributed by atoms with E-state index in [2.05, 4.69) is 49.1 Å². The highest BCUT2D eigenvalue weighted by molar-refractivity contribution is 8.14. The molecular weight excluding hydrogens is 565 g/mol. The summed E-state index contributed by atoms with van der Waals surface area (Å²) in [6.07, 6.45) is -2.35. The van der Waals surface area contributed by atoms with Gasteiger partial charge in [0.1, 0.15) is 12.1 Å². The summed E-state index contributed by atoms with van der Waals surface area (Å²) in [6, 6.07) is 20.9. The van der Waals surface area contributed by atoms with E-state index in [1.165, 1.54) is 40.8 Å². The number of carbonyl (C=O) groups excluding carboxylic acids is 1. The lowest BCUT2D eigenvalue weighted by atomic mass is 10.00. The number of alkyl halides is 3. The Morgan fingerprint density at radius 2 is 1.83 bits per heavy atom. The molecule has 4 aromatic rings. The smallest absolute Gasteiger partial charge is 0.406 e. The fourth-order valence-electron chi connectivity index (χ4n) is 4.56. The first-order valence-corrected chi connectivity index (χ1v) is 14.4. The number of aliphatic imine (C=N–C) groups is 1. The van der Waals surface area contributed by atoms with Gasteiger partial charge in [-0.05, 0) is 53.8 Å². The molecule has 0 spiro atoms. The molecule has 1 aliphatic rings. The number of aromatic nitrogens is 3. The van der Waals surface area contributed by atoms with Crippen LogP contribution in [0.4, 0.5) is 23.7 Å². The average Bonchev–Trinajstić information content (AvgIpc) is 3.66. The number of benzene rings is 3. The molecule has 5 rings (SSSR count). The Labute approximate surface area is 245 Å². The third-order valence-corrected chi connectivity index (χ3v) is 7.72. The Kier molecular flexibility index (Phi) is 8.81. The van der Waals surface area contributed by atoms with Crippen LogP contribution in [0, 0.1) is 0 Å². The van der Waals surface area contributed by atoms with Gasteiger partial charge in [-0.2, -0.15) is 4.99 Å². The van der Waals surface area contributed by atoms with E-state index in [1.54, 1.807) is 11.8 Å². The molecule has 42 heavy (non-hydrogen) atoms. The Hall–Kier alpha value is -4.32. The van der Waals surface area contributed by atoms with Crippen molar-refractivity contribution < 1.29 is 22.7 Å². The number of thioether (sulfide) groups is 1. The number of amides is 2. The number of urea groups is 1. The molecule has 3 aromatic carbocycles. The van der Waals surface area contributed by atoms with Crippen molar-refractivity contribution in [3.8, 4) is 22.8 Å². The number of hydrogen-bond donors (Lipinski definition) is 1. The van der Waals surface area contributed by atoms with Gasteiger partial charge in [0.2, 0.25) is 0 Å². The molecule has 1 atom stereocenters. The van der Waals surface area contributed by atoms with Gasteiger partial charge in [-0.3, -0.25) is 0 Å². The highest BCUT2D eigenvalue weighted by Crippen LogP contribution is 2.29. The summed E-state index contributed by atoms with van der Waals surface area (Å²) in [7, 11) is 0. The van der Waals surface area contributed by atoms with Crippen LogP contribution in [0.5, 0.6) is 5.75 Å². The number of anilines is 1. The van der Waals surface area contributed by atoms with E-state index >= 15 is 0 Å². The standard InChI is InChI=1S/C30H29F3N6O2S/c1-3-21-6-4-5-7-26(21)38-16-17-42-29(38)36-28(40)34-18-20(2)22-8-10-23(11-9-22)27-35-19-39(37-27)24-12-14-25(15-13-24)41-30(31,32)33/h4-15,19-20H,3,16-18H2,1-2H3,(H,34,40). The predicted molar refractivity (Wildman–Crippen MR) is 158 cm³/mol. The molecule has 1 aliphatic heterocycles. The predicted octanol–water partition coefficient (Wildman–Crippen LogP) is 6.82. The summed E-state index contributed by atoms with van der Waals surface area (Å²) in [5.41, 5.74) is 4.67. The van der Waals surface area contributed by atoms with Crippen LogP contribution in [0.25, 0.3) is 17.1 Å². The topological polar surface area (TPSA) is 84.6 Å². The summed E-state index contributed by atoms with van der Waals surface area (Å²) < 4.78 is 42.6. The SMILES string of the molecule is CCc1ccccc1N1CCSC1=NC(=O)NCC(C)c1ccc(-c2ncn(-c3ccc(OC(F)(F)F)cc3)n2)cc1. The number of ether oxygens (including phenoxy) is 1. The first-order valence-electron chi connectivity index (χ1n) is 13.4. The van der Waals surface area contributed by atoms with Crippen LogP contribution < -0.4 is 15.0 Å². The number of para-hydroxylation sites is 1. The van der Waals surface area contributed by atoms with Crippen LogP contribution in [0.3, 0.4) is 0 Å². The van der Waals surface area contributed by atoms with Gasteiger partial charge in [0.05, 0.1) is 5.69 Å². The van der Waals surface area contributed by atoms with Crippen molar-refractivity contribution in [2.75, 3.05) is 23.7 Å². The summed E-state index contributed by atoms with van der Waals surface area (Å²) in [4.78, 5) is 23.5. The first kappa shape index (κ1) is 29.2. The monoisotopic (exact) mass is 594 g/mol. The summed E-state index contributed by atoms with van der Waals surface area (Å²) >= 11 is 1.58. The highest BCUT2D eigenvalue weighted by Gasteiger charge is 2.31. The van der Waals surface area contributed by atoms with Gasteiger partial charge >= 0.3 is 12.4 Å². The van der Waals surface area contributed by atoms with Crippen LogP contribution in [-0.2, 0) is 6.42 Å². The van der Waals surface area contributed by atoms with Gasteiger partial charge in [-0.15, -0.1) is 18.3 Å². The van der Waals surface area contributed by atoms with Crippen molar-refractivity contribution in [1.82, 2.24) is 20.1 Å². The van der Waals surface area contributed by atoms with E-state index in [0.717, 1.165) is 35.5 Å². The Morgan fingerprint density at radius 3 is 2.55 bits per heavy atom. The number of halogens is 3.